The molecule has 1 aromatic carbocycles. The quantitative estimate of drug-likeness (QED) is 0.655. The zero-order valence-electron chi connectivity index (χ0n) is 8.16. The van der Waals surface area contributed by atoms with Crippen LogP contribution >= 0.6 is 0 Å². The molecule has 70 valence electrons. The first-order valence-electron chi connectivity index (χ1n) is 4.74. The maximum Gasteiger partial charge on any atom is 0.160 e. The van der Waals surface area contributed by atoms with Crippen LogP contribution in [-0.4, -0.2) is 5.78 Å². The van der Waals surface area contributed by atoms with Crippen LogP contribution in [0.5, 0.6) is 0 Å². The fourth-order valence-corrected chi connectivity index (χ4v) is 1.63. The predicted octanol–water partition coefficient (Wildman–Crippen LogP) is 2.99. The van der Waals surface area contributed by atoms with E-state index >= 15 is 0 Å². The van der Waals surface area contributed by atoms with E-state index in [-0.39, 0.29) is 5.78 Å². The van der Waals surface area contributed by atoms with Gasteiger partial charge in [-0.2, -0.15) is 0 Å². The highest BCUT2D eigenvalue weighted by Gasteiger charge is 2.10. The Hall–Kier alpha value is -1.63. The number of ketones is 1. The Balaban J connectivity index is 2.44. The monoisotopic (exact) mass is 184 g/mol. The summed E-state index contributed by atoms with van der Waals surface area (Å²) in [6.45, 7) is 2.05. The molecule has 0 radical (unpaired) electrons. The molecule has 1 aliphatic carbocycles. The largest absolute Gasteiger partial charge is 0.294 e. The smallest absolute Gasteiger partial charge is 0.160 e. The Morgan fingerprint density at radius 2 is 1.86 bits per heavy atom. The minimum Gasteiger partial charge on any atom is -0.294 e. The maximum absolute atomic E-state index is 11.3. The van der Waals surface area contributed by atoms with Crippen molar-refractivity contribution in [2.45, 2.75) is 13.3 Å². The van der Waals surface area contributed by atoms with Gasteiger partial charge >= 0.3 is 0 Å². The van der Waals surface area contributed by atoms with E-state index in [4.69, 9.17) is 0 Å². The van der Waals surface area contributed by atoms with Gasteiger partial charge in [0.15, 0.2) is 5.78 Å². The highest BCUT2D eigenvalue weighted by atomic mass is 16.1. The first-order valence-corrected chi connectivity index (χ1v) is 4.74. The van der Waals surface area contributed by atoms with Gasteiger partial charge in [0.2, 0.25) is 0 Å². The molecular formula is C13H12O. The topological polar surface area (TPSA) is 17.1 Å². The molecule has 0 aliphatic heterocycles. The van der Waals surface area contributed by atoms with E-state index in [2.05, 4.69) is 0 Å². The molecule has 0 N–H and O–H groups in total. The molecular weight excluding hydrogens is 172 g/mol. The molecule has 1 nitrogen and oxygen atoms in total. The van der Waals surface area contributed by atoms with E-state index in [1.165, 1.54) is 5.57 Å². The molecule has 0 atom stereocenters. The van der Waals surface area contributed by atoms with Crippen molar-refractivity contribution in [2.75, 3.05) is 0 Å². The lowest BCUT2D eigenvalue weighted by molar-refractivity contribution is -0.113. The highest BCUT2D eigenvalue weighted by Crippen LogP contribution is 2.26. The van der Waals surface area contributed by atoms with Crippen LogP contribution in [0.3, 0.4) is 0 Å². The lowest BCUT2D eigenvalue weighted by atomic mass is 9.92. The van der Waals surface area contributed by atoms with E-state index in [9.17, 15) is 4.79 Å². The van der Waals surface area contributed by atoms with Gasteiger partial charge in [0, 0.05) is 6.42 Å². The van der Waals surface area contributed by atoms with Crippen LogP contribution in [0.4, 0.5) is 0 Å². The fraction of sp³-hybridized carbons (Fsp3) is 0.154. The van der Waals surface area contributed by atoms with Gasteiger partial charge in [-0.25, -0.2) is 0 Å². The van der Waals surface area contributed by atoms with Gasteiger partial charge < -0.3 is 0 Å². The van der Waals surface area contributed by atoms with Gasteiger partial charge in [-0.05, 0) is 29.7 Å². The number of carbonyl (C=O) groups is 1. The molecule has 1 aromatic rings. The molecule has 0 saturated carbocycles. The van der Waals surface area contributed by atoms with Crippen LogP contribution in [0.25, 0.3) is 5.57 Å². The van der Waals surface area contributed by atoms with Crippen LogP contribution in [0.2, 0.25) is 0 Å². The van der Waals surface area contributed by atoms with E-state index in [0.29, 0.717) is 6.42 Å². The van der Waals surface area contributed by atoms with Crippen LogP contribution in [0.1, 0.15) is 18.9 Å². The summed E-state index contributed by atoms with van der Waals surface area (Å²) in [7, 11) is 0. The van der Waals surface area contributed by atoms with Gasteiger partial charge in [-0.1, -0.05) is 36.4 Å². The zero-order valence-corrected chi connectivity index (χ0v) is 8.16. The SMILES string of the molecule is CC1=CCC(=O)C=C1c1ccccc1. The number of rotatable bonds is 1. The zero-order chi connectivity index (χ0) is 9.97. The van der Waals surface area contributed by atoms with E-state index in [1.807, 2.05) is 43.3 Å². The fourth-order valence-electron chi connectivity index (χ4n) is 1.63. The summed E-state index contributed by atoms with van der Waals surface area (Å²) in [5, 5.41) is 0. The van der Waals surface area contributed by atoms with Crippen molar-refractivity contribution in [2.24, 2.45) is 0 Å². The van der Waals surface area contributed by atoms with Crippen molar-refractivity contribution in [3.05, 3.63) is 53.6 Å². The second kappa shape index (κ2) is 3.62. The molecule has 2 rings (SSSR count). The molecule has 0 saturated heterocycles. The summed E-state index contributed by atoms with van der Waals surface area (Å²) in [6, 6.07) is 10.0. The van der Waals surface area contributed by atoms with Gasteiger partial charge in [0.1, 0.15) is 0 Å². The molecule has 1 heteroatoms. The molecule has 0 aromatic heterocycles. The molecule has 1 aliphatic rings. The molecule has 14 heavy (non-hydrogen) atoms. The van der Waals surface area contributed by atoms with Crippen molar-refractivity contribution < 1.29 is 4.79 Å². The lowest BCUT2D eigenvalue weighted by Crippen LogP contribution is -2.00. The molecule has 0 bridgehead atoms. The van der Waals surface area contributed by atoms with Crippen LogP contribution in [-0.2, 0) is 4.79 Å². The predicted molar refractivity (Wildman–Crippen MR) is 57.8 cm³/mol. The average Bonchev–Trinajstić information content (AvgIpc) is 2.23. The van der Waals surface area contributed by atoms with Crippen molar-refractivity contribution in [3.63, 3.8) is 0 Å². The normalized spacial score (nSPS) is 16.2. The van der Waals surface area contributed by atoms with Gasteiger partial charge in [-0.15, -0.1) is 0 Å². The Morgan fingerprint density at radius 3 is 2.57 bits per heavy atom. The number of hydrogen-bond acceptors (Lipinski definition) is 1. The number of hydrogen-bond donors (Lipinski definition) is 0. The summed E-state index contributed by atoms with van der Waals surface area (Å²) < 4.78 is 0. The summed E-state index contributed by atoms with van der Waals surface area (Å²) in [5.41, 5.74) is 3.37. The third kappa shape index (κ3) is 1.67. The standard InChI is InChI=1S/C13H12O/c1-10-7-8-12(14)9-13(10)11-5-3-2-4-6-11/h2-7,9H,8H2,1H3. The van der Waals surface area contributed by atoms with Crippen molar-refractivity contribution in [1.29, 1.82) is 0 Å². The van der Waals surface area contributed by atoms with Gasteiger partial charge in [-0.3, -0.25) is 4.79 Å². The maximum atomic E-state index is 11.3. The van der Waals surface area contributed by atoms with Crippen LogP contribution < -0.4 is 0 Å². The minimum atomic E-state index is 0.189. The number of benzene rings is 1. The van der Waals surface area contributed by atoms with Crippen LogP contribution in [0.15, 0.2) is 48.1 Å². The third-order valence-corrected chi connectivity index (χ3v) is 2.42. The van der Waals surface area contributed by atoms with Crippen LogP contribution in [0, 0.1) is 0 Å². The average molecular weight is 184 g/mol. The molecule has 0 unspecified atom stereocenters. The van der Waals surface area contributed by atoms with Gasteiger partial charge in [0.25, 0.3) is 0 Å². The van der Waals surface area contributed by atoms with Crippen molar-refractivity contribution in [1.82, 2.24) is 0 Å². The summed E-state index contributed by atoms with van der Waals surface area (Å²) >= 11 is 0. The lowest BCUT2D eigenvalue weighted by Gasteiger charge is -2.11. The first-order chi connectivity index (χ1) is 6.77. The Bertz CT molecular complexity index is 410. The van der Waals surface area contributed by atoms with E-state index < -0.39 is 0 Å². The highest BCUT2D eigenvalue weighted by molar-refractivity contribution is 6.03. The summed E-state index contributed by atoms with van der Waals surface area (Å²) in [4.78, 5) is 11.3. The number of carbonyl (C=O) groups excluding carboxylic acids is 1. The van der Waals surface area contributed by atoms with Crippen molar-refractivity contribution in [3.8, 4) is 0 Å². The molecule has 0 amide bonds. The second-order valence-electron chi connectivity index (χ2n) is 3.48. The summed E-state index contributed by atoms with van der Waals surface area (Å²) in [5.74, 6) is 0.189. The number of allylic oxidation sites excluding steroid dienone is 4. The van der Waals surface area contributed by atoms with Crippen molar-refractivity contribution >= 4 is 11.4 Å². The Morgan fingerprint density at radius 1 is 1.14 bits per heavy atom. The van der Waals surface area contributed by atoms with Gasteiger partial charge in [0.05, 0.1) is 0 Å². The first kappa shape index (κ1) is 8.95. The minimum absolute atomic E-state index is 0.189. The Kier molecular flexibility index (Phi) is 2.32. The molecule has 0 spiro atoms. The third-order valence-electron chi connectivity index (χ3n) is 2.42. The molecule has 0 fully saturated rings. The van der Waals surface area contributed by atoms with E-state index in [1.54, 1.807) is 6.08 Å². The molecule has 0 heterocycles. The van der Waals surface area contributed by atoms with E-state index in [0.717, 1.165) is 11.1 Å². The second-order valence-corrected chi connectivity index (χ2v) is 3.48. The Labute approximate surface area is 83.8 Å². The summed E-state index contributed by atoms with van der Waals surface area (Å²) in [6.07, 6.45) is 4.28.